The SMILES string of the molecule is CC[C@H](C)[C@@H]([C@@H](CC(=O)N1CCC[C@H]1[C@H](OC)[C@@H](C)C(=O)N[C@H](C)[C@@H](O)c1ccccc1)OC)N(C)C(=O)[C@@H](NC(=O)[C@H](C(C)C)N(C)C(=O)OCc1ccc(NC(=O)[C@H](CCCNC(N)=O)NC(=O)[C@@H](NC(=O)[C@H](CCC(=O)OC(C)(C)C)NC(=O)OCC2c3ccccc3-c3ccccc32)C(C)C)cc1C(=O)NCCN(C)C(=O)OC(C)(C)C)C(C)C. The summed E-state index contributed by atoms with van der Waals surface area (Å²) in [7, 11) is 7.39. The summed E-state index contributed by atoms with van der Waals surface area (Å²) in [5, 5.41) is 32.9. The Morgan fingerprint density at radius 2 is 1.21 bits per heavy atom. The summed E-state index contributed by atoms with van der Waals surface area (Å²) < 4.78 is 34.9. The van der Waals surface area contributed by atoms with Crippen molar-refractivity contribution >= 4 is 83.2 Å². The minimum absolute atomic E-state index is 0.00391. The molecular formula is C91H135N13O20. The zero-order chi connectivity index (χ0) is 92.4. The molecule has 13 atom stereocenters. The van der Waals surface area contributed by atoms with Crippen molar-refractivity contribution in [3.63, 3.8) is 0 Å². The number of methoxy groups -OCH3 is 2. The minimum atomic E-state index is -1.45. The molecule has 0 radical (unpaired) electrons. The summed E-state index contributed by atoms with van der Waals surface area (Å²) >= 11 is 0. The molecule has 33 nitrogen and oxygen atoms in total. The maximum atomic E-state index is 15.1. The first kappa shape index (κ1) is 102. The largest absolute Gasteiger partial charge is 0.460 e. The molecule has 1 heterocycles. The molecule has 684 valence electrons. The topological polar surface area (TPSA) is 433 Å². The van der Waals surface area contributed by atoms with Crippen LogP contribution < -0.4 is 48.3 Å². The van der Waals surface area contributed by atoms with Crippen molar-refractivity contribution < 1.29 is 95.9 Å². The number of aliphatic hydroxyl groups excluding tert-OH is 1. The number of hydrogen-bond donors (Lipinski definition) is 10. The van der Waals surface area contributed by atoms with Gasteiger partial charge < -0.3 is 96.5 Å². The number of carbonyl (C=O) groups excluding carboxylic acids is 13. The van der Waals surface area contributed by atoms with Gasteiger partial charge in [0.25, 0.3) is 5.91 Å². The molecule has 4 aromatic carbocycles. The van der Waals surface area contributed by atoms with Crippen LogP contribution in [0.25, 0.3) is 11.1 Å². The van der Waals surface area contributed by atoms with E-state index in [1.807, 2.05) is 68.4 Å². The monoisotopic (exact) mass is 1730 g/mol. The number of esters is 1. The van der Waals surface area contributed by atoms with Gasteiger partial charge in [0.2, 0.25) is 41.4 Å². The van der Waals surface area contributed by atoms with Gasteiger partial charge in [-0.25, -0.2) is 19.2 Å². The Hall–Kier alpha value is -10.9. The Bertz CT molecular complexity index is 4260. The first-order valence-corrected chi connectivity index (χ1v) is 42.8. The number of primary amides is 1. The lowest BCUT2D eigenvalue weighted by molar-refractivity contribution is -0.155. The third kappa shape index (κ3) is 29.4. The highest BCUT2D eigenvalue weighted by molar-refractivity contribution is 6.02. The molecule has 2 aliphatic rings. The van der Waals surface area contributed by atoms with Gasteiger partial charge in [0.1, 0.15) is 54.6 Å². The van der Waals surface area contributed by atoms with Crippen LogP contribution in [0.5, 0.6) is 0 Å². The lowest BCUT2D eigenvalue weighted by Gasteiger charge is -2.41. The van der Waals surface area contributed by atoms with E-state index in [0.717, 1.165) is 27.2 Å². The second-order valence-corrected chi connectivity index (χ2v) is 35.2. The van der Waals surface area contributed by atoms with Crippen molar-refractivity contribution in [2.24, 2.45) is 35.3 Å². The van der Waals surface area contributed by atoms with Gasteiger partial charge in [-0.2, -0.15) is 0 Å². The maximum absolute atomic E-state index is 15.1. The normalized spacial score (nSPS) is 16.1. The Morgan fingerprint density at radius 3 is 1.78 bits per heavy atom. The predicted molar refractivity (Wildman–Crippen MR) is 467 cm³/mol. The first-order valence-electron chi connectivity index (χ1n) is 42.8. The van der Waals surface area contributed by atoms with Gasteiger partial charge in [-0.1, -0.05) is 154 Å². The van der Waals surface area contributed by atoms with Crippen molar-refractivity contribution in [2.75, 3.05) is 73.5 Å². The number of hydrogen-bond acceptors (Lipinski definition) is 20. The number of likely N-dealkylation sites (N-methyl/N-ethyl adjacent to an activating group) is 3. The number of likely N-dealkylation sites (tertiary alicyclic amines) is 1. The third-order valence-electron chi connectivity index (χ3n) is 22.3. The Kier molecular flexibility index (Phi) is 38.8. The lowest BCUT2D eigenvalue weighted by atomic mass is 9.89. The molecule has 0 spiro atoms. The van der Waals surface area contributed by atoms with Crippen molar-refractivity contribution in [3.8, 4) is 11.1 Å². The van der Waals surface area contributed by atoms with Crippen LogP contribution in [-0.4, -0.2) is 242 Å². The number of nitrogens with two attached hydrogens (primary N) is 1. The van der Waals surface area contributed by atoms with Crippen LogP contribution in [-0.2, 0) is 73.4 Å². The van der Waals surface area contributed by atoms with Crippen LogP contribution in [0.1, 0.15) is 207 Å². The van der Waals surface area contributed by atoms with Crippen LogP contribution in [0.2, 0.25) is 0 Å². The molecule has 1 fully saturated rings. The van der Waals surface area contributed by atoms with Crippen LogP contribution in [0, 0.1) is 29.6 Å². The Balaban J connectivity index is 1.20. The number of nitrogens with one attached hydrogen (secondary N) is 8. The molecule has 1 saturated heterocycles. The fraction of sp³-hybridized carbons (Fsp3) is 0.593. The van der Waals surface area contributed by atoms with E-state index in [1.165, 1.54) is 56.3 Å². The number of carbonyl (C=O) groups is 13. The number of amides is 13. The molecule has 6 rings (SSSR count). The van der Waals surface area contributed by atoms with Crippen molar-refractivity contribution in [3.05, 3.63) is 125 Å². The van der Waals surface area contributed by atoms with Gasteiger partial charge in [0.05, 0.1) is 48.8 Å². The average molecular weight is 1730 g/mol. The van der Waals surface area contributed by atoms with E-state index in [0.29, 0.717) is 31.4 Å². The summed E-state index contributed by atoms with van der Waals surface area (Å²) in [4.78, 5) is 189. The predicted octanol–water partition coefficient (Wildman–Crippen LogP) is 9.22. The lowest BCUT2D eigenvalue weighted by Crippen LogP contribution is -2.60. The van der Waals surface area contributed by atoms with E-state index in [9.17, 15) is 62.6 Å². The fourth-order valence-electron chi connectivity index (χ4n) is 15.6. The highest BCUT2D eigenvalue weighted by atomic mass is 16.6. The molecule has 33 heteroatoms. The molecule has 0 unspecified atom stereocenters. The van der Waals surface area contributed by atoms with E-state index < -0.39 is 174 Å². The van der Waals surface area contributed by atoms with Crippen LogP contribution in [0.15, 0.2) is 97.1 Å². The highest BCUT2D eigenvalue weighted by Crippen LogP contribution is 2.45. The van der Waals surface area contributed by atoms with E-state index in [1.54, 1.807) is 133 Å². The molecule has 0 saturated carbocycles. The molecule has 0 bridgehead atoms. The molecule has 1 aliphatic carbocycles. The number of fused-ring (bicyclic) bond motifs is 3. The van der Waals surface area contributed by atoms with Crippen LogP contribution in [0.4, 0.5) is 24.9 Å². The smallest absolute Gasteiger partial charge is 0.410 e. The maximum Gasteiger partial charge on any atom is 0.410 e. The summed E-state index contributed by atoms with van der Waals surface area (Å²) in [5.41, 5.74) is 8.14. The van der Waals surface area contributed by atoms with Gasteiger partial charge in [-0.3, -0.25) is 48.1 Å². The number of nitrogens with zero attached hydrogens (tertiary/aromatic N) is 4. The zero-order valence-corrected chi connectivity index (χ0v) is 76.0. The molecule has 4 aromatic rings. The highest BCUT2D eigenvalue weighted by Gasteiger charge is 2.45. The van der Waals surface area contributed by atoms with E-state index in [-0.39, 0.29) is 98.8 Å². The van der Waals surface area contributed by atoms with Crippen LogP contribution in [0.3, 0.4) is 0 Å². The Morgan fingerprint density at radius 1 is 0.613 bits per heavy atom. The van der Waals surface area contributed by atoms with Gasteiger partial charge in [-0.05, 0) is 144 Å². The van der Waals surface area contributed by atoms with Crippen LogP contribution >= 0.6 is 0 Å². The number of alkyl carbamates (subject to hydrolysis) is 1. The van der Waals surface area contributed by atoms with E-state index >= 15 is 4.79 Å². The summed E-state index contributed by atoms with van der Waals surface area (Å²) in [6, 6.07) is 19.2. The number of rotatable bonds is 43. The first-order chi connectivity index (χ1) is 58.3. The minimum Gasteiger partial charge on any atom is -0.460 e. The van der Waals surface area contributed by atoms with Crippen molar-refractivity contribution in [1.82, 2.24) is 56.8 Å². The number of anilines is 1. The second-order valence-electron chi connectivity index (χ2n) is 35.2. The molecule has 1 aliphatic heterocycles. The number of benzene rings is 4. The van der Waals surface area contributed by atoms with Gasteiger partial charge in [0.15, 0.2) is 0 Å². The zero-order valence-electron chi connectivity index (χ0n) is 76.0. The molecule has 0 aromatic heterocycles. The number of ether oxygens (including phenoxy) is 6. The van der Waals surface area contributed by atoms with Gasteiger partial charge in [-0.15, -0.1) is 0 Å². The standard InChI is InChI=1S/C91H135N13O20/c1-22-55(8)76(70(119-20)49-71(105)104-46-31-39-69(104)78(120-21)56(9)79(108)95-57(10)77(107)58-32-24-23-25-33-58)102(18)85(114)74(53(4)5)100-84(113)75(54(6)7)103(19)89(118)122-50-59-40-41-60(48-65(59)80(109)93-45-47-101(17)88(117)124-91(14,15)16)96-81(110)67(38-30-44-94-86(92)115)97-83(112)73(52(2)3)99-82(111)68(42-43-72(106)123-90(11,12)13)98-87(116)121-51-66-63-36-28-26-34-61(63)62-35-27-29-37-64(62)66/h23-29,32-37,40-41,48,52-57,66-70,73-78,107H,22,30-31,38-39,42-47,49-51H2,1-21H3,(H,93,109)(H,95,108)(H,96,110)(H,97,112)(H,98,116)(H,99,111)(H,100,113)(H3,92,94,115)/t55-,56+,57+,67-,68-,69-,70+,73-,74-,75-,76-,77+,78+/m0/s1. The van der Waals surface area contributed by atoms with Gasteiger partial charge in [0, 0.05) is 90.7 Å². The van der Waals surface area contributed by atoms with E-state index in [4.69, 9.17) is 34.2 Å². The van der Waals surface area contributed by atoms with E-state index in [2.05, 4.69) is 42.5 Å². The van der Waals surface area contributed by atoms with Crippen molar-refractivity contribution in [1.29, 1.82) is 0 Å². The number of aliphatic hydroxyl groups is 1. The summed E-state index contributed by atoms with van der Waals surface area (Å²) in [6.45, 7) is 27.1. The third-order valence-corrected chi connectivity index (χ3v) is 22.3. The fourth-order valence-corrected chi connectivity index (χ4v) is 15.6. The Labute approximate surface area is 729 Å². The van der Waals surface area contributed by atoms with Gasteiger partial charge >= 0.3 is 30.3 Å². The molecular weight excluding hydrogens is 1600 g/mol. The molecule has 13 amide bonds. The second kappa shape index (κ2) is 47.2. The quantitative estimate of drug-likeness (QED) is 0.0112. The summed E-state index contributed by atoms with van der Waals surface area (Å²) in [5.74, 6) is -8.89. The number of urea groups is 1. The summed E-state index contributed by atoms with van der Waals surface area (Å²) in [6.07, 6.45) is -4.25. The molecule has 124 heavy (non-hydrogen) atoms. The van der Waals surface area contributed by atoms with Crippen molar-refractivity contribution in [2.45, 2.75) is 253 Å². The molecule has 11 N–H and O–H groups in total. The average Bonchev–Trinajstić information content (AvgIpc) is 1.62.